The molecule has 2 aliphatic rings. The number of aliphatic imine (C=N–C) groups is 2. The fourth-order valence-corrected chi connectivity index (χ4v) is 4.72. The largest absolute Gasteiger partial charge is 0.483 e. The molecule has 0 aliphatic carbocycles. The van der Waals surface area contributed by atoms with E-state index in [2.05, 4.69) is 13.8 Å². The average Bonchev–Trinajstić information content (AvgIpc) is 3.33. The van der Waals surface area contributed by atoms with Crippen molar-refractivity contribution < 1.29 is 14.2 Å². The molecular weight excluding hydrogens is 436 g/mol. The maximum atomic E-state index is 13.0. The number of hydrogen-bond acceptors (Lipinski definition) is 7. The summed E-state index contributed by atoms with van der Waals surface area (Å²) in [5.41, 5.74) is 4.38. The lowest BCUT2D eigenvalue weighted by atomic mass is 9.90. The third kappa shape index (κ3) is 3.87. The molecule has 34 heavy (non-hydrogen) atoms. The topological polar surface area (TPSA) is 96.4 Å². The van der Waals surface area contributed by atoms with Crippen LogP contribution in [0.15, 0.2) is 31.7 Å². The summed E-state index contributed by atoms with van der Waals surface area (Å²) in [6.45, 7) is 6.80. The summed E-state index contributed by atoms with van der Waals surface area (Å²) < 4.78 is 19.6. The van der Waals surface area contributed by atoms with E-state index < -0.39 is 0 Å². The van der Waals surface area contributed by atoms with Crippen LogP contribution in [0.5, 0.6) is 0 Å². The fraction of sp³-hybridized carbons (Fsp3) is 0.520. The summed E-state index contributed by atoms with van der Waals surface area (Å²) in [6.07, 6.45) is 0.570. The SMILES string of the molecule is COC1=N[C@H](C(C)C)C(OC)=N[C@H]1Cc1ccc(-c2c(C)n(C)c(=O)n(C)c2=O)c2c1COC2. The highest BCUT2D eigenvalue weighted by molar-refractivity contribution is 5.94. The van der Waals surface area contributed by atoms with Gasteiger partial charge in [0.05, 0.1) is 33.0 Å². The number of fused-ring (bicyclic) bond motifs is 1. The molecule has 9 nitrogen and oxygen atoms in total. The summed E-state index contributed by atoms with van der Waals surface area (Å²) in [5.74, 6) is 1.42. The van der Waals surface area contributed by atoms with Crippen molar-refractivity contribution in [3.63, 3.8) is 0 Å². The lowest BCUT2D eigenvalue weighted by molar-refractivity contribution is 0.134. The van der Waals surface area contributed by atoms with Crippen molar-refractivity contribution in [3.8, 4) is 11.1 Å². The highest BCUT2D eigenvalue weighted by Gasteiger charge is 2.32. The van der Waals surface area contributed by atoms with Crippen molar-refractivity contribution in [2.24, 2.45) is 30.0 Å². The molecule has 0 bridgehead atoms. The van der Waals surface area contributed by atoms with Gasteiger partial charge in [-0.3, -0.25) is 9.36 Å². The quantitative estimate of drug-likeness (QED) is 0.685. The van der Waals surface area contributed by atoms with Crippen molar-refractivity contribution in [2.75, 3.05) is 14.2 Å². The average molecular weight is 469 g/mol. The van der Waals surface area contributed by atoms with Gasteiger partial charge in [0, 0.05) is 26.2 Å². The molecular formula is C25H32N4O5. The molecule has 9 heteroatoms. The van der Waals surface area contributed by atoms with Gasteiger partial charge in [0.2, 0.25) is 11.8 Å². The third-order valence-corrected chi connectivity index (χ3v) is 6.80. The van der Waals surface area contributed by atoms with Crippen molar-refractivity contribution >= 4 is 11.8 Å². The van der Waals surface area contributed by atoms with Gasteiger partial charge in [0.25, 0.3) is 5.56 Å². The van der Waals surface area contributed by atoms with Crippen LogP contribution in [0, 0.1) is 12.8 Å². The lowest BCUT2D eigenvalue weighted by Crippen LogP contribution is -2.39. The predicted octanol–water partition coefficient (Wildman–Crippen LogP) is 2.13. The van der Waals surface area contributed by atoms with E-state index in [4.69, 9.17) is 24.2 Å². The summed E-state index contributed by atoms with van der Waals surface area (Å²) in [5, 5.41) is 0. The Labute approximate surface area is 198 Å². The molecule has 3 heterocycles. The van der Waals surface area contributed by atoms with E-state index in [0.717, 1.165) is 26.8 Å². The summed E-state index contributed by atoms with van der Waals surface area (Å²) in [6, 6.07) is 3.48. The van der Waals surface area contributed by atoms with E-state index in [0.29, 0.717) is 42.7 Å². The Morgan fingerprint density at radius 1 is 1.03 bits per heavy atom. The molecule has 1 aromatic heterocycles. The Balaban J connectivity index is 1.78. The van der Waals surface area contributed by atoms with E-state index in [9.17, 15) is 9.59 Å². The first-order chi connectivity index (χ1) is 16.2. The molecule has 0 amide bonds. The van der Waals surface area contributed by atoms with E-state index in [1.165, 1.54) is 11.6 Å². The normalized spacial score (nSPS) is 19.6. The van der Waals surface area contributed by atoms with Gasteiger partial charge < -0.3 is 18.8 Å². The maximum absolute atomic E-state index is 13.0. The van der Waals surface area contributed by atoms with Crippen molar-refractivity contribution in [1.82, 2.24) is 9.13 Å². The first kappa shape index (κ1) is 23.9. The molecule has 4 rings (SSSR count). The van der Waals surface area contributed by atoms with E-state index >= 15 is 0 Å². The Bertz CT molecular complexity index is 1300. The minimum Gasteiger partial charge on any atom is -0.483 e. The summed E-state index contributed by atoms with van der Waals surface area (Å²) >= 11 is 0. The smallest absolute Gasteiger partial charge is 0.330 e. The number of aromatic nitrogens is 2. The van der Waals surface area contributed by atoms with Crippen LogP contribution in [0.3, 0.4) is 0 Å². The molecule has 0 saturated heterocycles. The molecule has 182 valence electrons. The molecule has 2 aromatic rings. The summed E-state index contributed by atoms with van der Waals surface area (Å²) in [4.78, 5) is 35.0. The number of methoxy groups -OCH3 is 2. The minimum absolute atomic E-state index is 0.170. The first-order valence-electron chi connectivity index (χ1n) is 11.4. The van der Waals surface area contributed by atoms with Crippen LogP contribution in [0.2, 0.25) is 0 Å². The van der Waals surface area contributed by atoms with Crippen molar-refractivity contribution in [1.29, 1.82) is 0 Å². The summed E-state index contributed by atoms with van der Waals surface area (Å²) in [7, 11) is 6.42. The monoisotopic (exact) mass is 468 g/mol. The number of benzene rings is 1. The van der Waals surface area contributed by atoms with Gasteiger partial charge >= 0.3 is 5.69 Å². The van der Waals surface area contributed by atoms with Gasteiger partial charge in [-0.05, 0) is 35.1 Å². The third-order valence-electron chi connectivity index (χ3n) is 6.80. The second-order valence-corrected chi connectivity index (χ2v) is 9.14. The van der Waals surface area contributed by atoms with Crippen molar-refractivity contribution in [3.05, 3.63) is 55.4 Å². The molecule has 2 aliphatic heterocycles. The lowest BCUT2D eigenvalue weighted by Gasteiger charge is -2.27. The molecule has 0 N–H and O–H groups in total. The fourth-order valence-electron chi connectivity index (χ4n) is 4.72. The minimum atomic E-state index is -0.342. The van der Waals surface area contributed by atoms with Crippen LogP contribution >= 0.6 is 0 Å². The Kier molecular flexibility index (Phi) is 6.49. The predicted molar refractivity (Wildman–Crippen MR) is 131 cm³/mol. The number of hydrogen-bond donors (Lipinski definition) is 0. The number of rotatable bonds is 4. The van der Waals surface area contributed by atoms with Crippen LogP contribution in [-0.4, -0.2) is 47.2 Å². The van der Waals surface area contributed by atoms with Gasteiger partial charge in [-0.1, -0.05) is 26.0 Å². The molecule has 0 fully saturated rings. The molecule has 0 radical (unpaired) electrons. The van der Waals surface area contributed by atoms with E-state index in [1.54, 1.807) is 28.2 Å². The van der Waals surface area contributed by atoms with E-state index in [1.807, 2.05) is 12.1 Å². The van der Waals surface area contributed by atoms with Gasteiger partial charge in [-0.15, -0.1) is 0 Å². The second kappa shape index (κ2) is 9.21. The maximum Gasteiger partial charge on any atom is 0.330 e. The first-order valence-corrected chi connectivity index (χ1v) is 11.4. The van der Waals surface area contributed by atoms with Gasteiger partial charge in [-0.25, -0.2) is 14.8 Å². The number of nitrogens with zero attached hydrogens (tertiary/aromatic N) is 4. The Morgan fingerprint density at radius 3 is 2.35 bits per heavy atom. The van der Waals surface area contributed by atoms with Gasteiger partial charge in [0.15, 0.2) is 0 Å². The zero-order chi connectivity index (χ0) is 24.7. The molecule has 1 aromatic carbocycles. The van der Waals surface area contributed by atoms with Gasteiger partial charge in [0.1, 0.15) is 12.1 Å². The zero-order valence-corrected chi connectivity index (χ0v) is 20.8. The second-order valence-electron chi connectivity index (χ2n) is 9.14. The van der Waals surface area contributed by atoms with Crippen LogP contribution in [0.1, 0.15) is 36.2 Å². The zero-order valence-electron chi connectivity index (χ0n) is 20.8. The van der Waals surface area contributed by atoms with Crippen LogP contribution in [-0.2, 0) is 47.9 Å². The van der Waals surface area contributed by atoms with Crippen molar-refractivity contribution in [2.45, 2.75) is 52.5 Å². The molecule has 0 saturated carbocycles. The standard InChI is InChI=1S/C25H32N4O5/c1-13(2)21-23(33-7)26-19(22(27-21)32-6)10-15-8-9-16(18-12-34-11-17(15)18)20-14(3)28(4)25(31)29(5)24(20)30/h8-9,13,19,21H,10-12H2,1-7H3/t19-,21+/m0/s1. The Hall–Kier alpha value is -3.20. The van der Waals surface area contributed by atoms with E-state index in [-0.39, 0.29) is 29.3 Å². The molecule has 0 unspecified atom stereocenters. The van der Waals surface area contributed by atoms with Crippen LogP contribution in [0.4, 0.5) is 0 Å². The highest BCUT2D eigenvalue weighted by Crippen LogP contribution is 2.34. The number of ether oxygens (including phenoxy) is 3. The van der Waals surface area contributed by atoms with Crippen LogP contribution < -0.4 is 11.2 Å². The Morgan fingerprint density at radius 2 is 1.71 bits per heavy atom. The van der Waals surface area contributed by atoms with Gasteiger partial charge in [-0.2, -0.15) is 0 Å². The molecule has 2 atom stereocenters. The van der Waals surface area contributed by atoms with Crippen LogP contribution in [0.25, 0.3) is 11.1 Å². The molecule has 0 spiro atoms. The highest BCUT2D eigenvalue weighted by atomic mass is 16.5.